The number of nitrogens with zero attached hydrogens (tertiary/aromatic N) is 1. The van der Waals surface area contributed by atoms with Gasteiger partial charge in [0.1, 0.15) is 12.1 Å². The quantitative estimate of drug-likeness (QED) is 0.498. The van der Waals surface area contributed by atoms with Gasteiger partial charge in [0.05, 0.1) is 0 Å². The Labute approximate surface area is 155 Å². The first kappa shape index (κ1) is 19.9. The van der Waals surface area contributed by atoms with Crippen LogP contribution in [0.15, 0.2) is 30.3 Å². The molecule has 0 spiro atoms. The molecule has 0 aromatic heterocycles. The highest BCUT2D eigenvalue weighted by Crippen LogP contribution is 2.34. The summed E-state index contributed by atoms with van der Waals surface area (Å²) in [5, 5.41) is 5.64. The number of unbranched alkanes of at least 4 members (excludes halogenated alkanes) is 3. The van der Waals surface area contributed by atoms with Crippen LogP contribution in [0.2, 0.25) is 0 Å². The van der Waals surface area contributed by atoms with E-state index in [-0.39, 0.29) is 18.4 Å². The molecule has 0 saturated carbocycles. The van der Waals surface area contributed by atoms with Crippen molar-refractivity contribution in [2.24, 2.45) is 0 Å². The van der Waals surface area contributed by atoms with Crippen LogP contribution in [0.4, 0.5) is 4.79 Å². The van der Waals surface area contributed by atoms with E-state index in [9.17, 15) is 14.4 Å². The molecule has 1 fully saturated rings. The maximum absolute atomic E-state index is 13.1. The van der Waals surface area contributed by atoms with Crippen LogP contribution in [0.5, 0.6) is 0 Å². The number of carbonyl (C=O) groups is 3. The number of amides is 4. The third-order valence-electron chi connectivity index (χ3n) is 4.75. The minimum absolute atomic E-state index is 0.239. The average molecular weight is 359 g/mol. The molecule has 1 aromatic carbocycles. The largest absolute Gasteiger partial charge is 0.355 e. The van der Waals surface area contributed by atoms with Gasteiger partial charge in [-0.05, 0) is 18.4 Å². The first-order valence-corrected chi connectivity index (χ1v) is 9.51. The van der Waals surface area contributed by atoms with Crippen molar-refractivity contribution in [1.82, 2.24) is 15.5 Å². The number of urea groups is 1. The van der Waals surface area contributed by atoms with E-state index in [2.05, 4.69) is 17.6 Å². The second kappa shape index (κ2) is 9.36. The van der Waals surface area contributed by atoms with Crippen LogP contribution in [0, 0.1) is 0 Å². The van der Waals surface area contributed by atoms with Crippen molar-refractivity contribution in [3.05, 3.63) is 35.9 Å². The molecule has 1 aliphatic heterocycles. The minimum atomic E-state index is -1.07. The van der Waals surface area contributed by atoms with Gasteiger partial charge in [-0.15, -0.1) is 0 Å². The molecular weight excluding hydrogens is 330 g/mol. The number of rotatable bonds is 10. The number of imide groups is 1. The Kier molecular flexibility index (Phi) is 7.18. The first-order valence-electron chi connectivity index (χ1n) is 9.51. The summed E-state index contributed by atoms with van der Waals surface area (Å²) >= 11 is 0. The lowest BCUT2D eigenvalue weighted by Gasteiger charge is -2.27. The van der Waals surface area contributed by atoms with E-state index in [1.54, 1.807) is 0 Å². The fourth-order valence-electron chi connectivity index (χ4n) is 3.25. The van der Waals surface area contributed by atoms with Gasteiger partial charge in [0.25, 0.3) is 5.91 Å². The molecule has 6 nitrogen and oxygen atoms in total. The fourth-order valence-corrected chi connectivity index (χ4v) is 3.25. The molecule has 142 valence electrons. The Hall–Kier alpha value is -2.37. The highest BCUT2D eigenvalue weighted by molar-refractivity contribution is 6.09. The van der Waals surface area contributed by atoms with Gasteiger partial charge in [0.15, 0.2) is 0 Å². The van der Waals surface area contributed by atoms with E-state index in [4.69, 9.17) is 0 Å². The standard InChI is InChI=1S/C20H29N3O3/c1-3-5-10-14-21-17(24)15-23-18(25)20(13-6-4-2,22-19(23)26)16-11-8-7-9-12-16/h7-9,11-12H,3-6,10,13-15H2,1-2H3,(H,21,24)(H,22,26). The van der Waals surface area contributed by atoms with Gasteiger partial charge in [-0.3, -0.25) is 14.5 Å². The highest BCUT2D eigenvalue weighted by Gasteiger charge is 2.52. The zero-order valence-electron chi connectivity index (χ0n) is 15.7. The van der Waals surface area contributed by atoms with Crippen LogP contribution in [0.25, 0.3) is 0 Å². The molecule has 6 heteroatoms. The van der Waals surface area contributed by atoms with E-state index in [0.29, 0.717) is 13.0 Å². The third-order valence-corrected chi connectivity index (χ3v) is 4.75. The lowest BCUT2D eigenvalue weighted by molar-refractivity contribution is -0.135. The predicted molar refractivity (Wildman–Crippen MR) is 100 cm³/mol. The molecule has 26 heavy (non-hydrogen) atoms. The van der Waals surface area contributed by atoms with Gasteiger partial charge in [-0.25, -0.2) is 4.79 Å². The Bertz CT molecular complexity index is 632. The second-order valence-electron chi connectivity index (χ2n) is 6.75. The lowest BCUT2D eigenvalue weighted by atomic mass is 9.85. The molecule has 2 rings (SSSR count). The summed E-state index contributed by atoms with van der Waals surface area (Å²) in [4.78, 5) is 38.8. The summed E-state index contributed by atoms with van der Waals surface area (Å²) in [5.41, 5.74) is -0.311. The monoisotopic (exact) mass is 359 g/mol. The van der Waals surface area contributed by atoms with Crippen LogP contribution >= 0.6 is 0 Å². The summed E-state index contributed by atoms with van der Waals surface area (Å²) in [6, 6.07) is 8.78. The molecule has 1 aliphatic rings. The zero-order valence-corrected chi connectivity index (χ0v) is 15.7. The van der Waals surface area contributed by atoms with Gasteiger partial charge in [-0.1, -0.05) is 69.9 Å². The van der Waals surface area contributed by atoms with E-state index in [0.717, 1.165) is 42.6 Å². The van der Waals surface area contributed by atoms with E-state index >= 15 is 0 Å². The van der Waals surface area contributed by atoms with Gasteiger partial charge in [-0.2, -0.15) is 0 Å². The fraction of sp³-hybridized carbons (Fsp3) is 0.550. The van der Waals surface area contributed by atoms with E-state index in [1.807, 2.05) is 37.3 Å². The second-order valence-corrected chi connectivity index (χ2v) is 6.75. The molecule has 0 radical (unpaired) electrons. The predicted octanol–water partition coefficient (Wildman–Crippen LogP) is 2.93. The van der Waals surface area contributed by atoms with Crippen molar-refractivity contribution in [3.8, 4) is 0 Å². The van der Waals surface area contributed by atoms with Crippen molar-refractivity contribution < 1.29 is 14.4 Å². The maximum atomic E-state index is 13.1. The van der Waals surface area contributed by atoms with Crippen LogP contribution in [0.3, 0.4) is 0 Å². The molecule has 1 aromatic rings. The molecule has 1 heterocycles. The van der Waals surface area contributed by atoms with Gasteiger partial charge in [0, 0.05) is 6.54 Å². The lowest BCUT2D eigenvalue weighted by Crippen LogP contribution is -2.45. The van der Waals surface area contributed by atoms with E-state index < -0.39 is 11.6 Å². The molecule has 1 unspecified atom stereocenters. The Balaban J connectivity index is 2.12. The van der Waals surface area contributed by atoms with Crippen molar-refractivity contribution >= 4 is 17.8 Å². The normalized spacial score (nSPS) is 19.5. The molecular formula is C20H29N3O3. The minimum Gasteiger partial charge on any atom is -0.355 e. The number of benzene rings is 1. The molecule has 2 N–H and O–H groups in total. The SMILES string of the molecule is CCCCCNC(=O)CN1C(=O)NC(CCCC)(c2ccccc2)C1=O. The van der Waals surface area contributed by atoms with Gasteiger partial charge in [0.2, 0.25) is 5.91 Å². The molecule has 4 amide bonds. The molecule has 0 bridgehead atoms. The van der Waals surface area contributed by atoms with Crippen LogP contribution in [-0.2, 0) is 15.1 Å². The number of carbonyl (C=O) groups excluding carboxylic acids is 3. The zero-order chi connectivity index (χ0) is 19.0. The Morgan fingerprint density at radius 3 is 2.42 bits per heavy atom. The summed E-state index contributed by atoms with van der Waals surface area (Å²) in [5.74, 6) is -0.644. The third kappa shape index (κ3) is 4.42. The molecule has 0 aliphatic carbocycles. The topological polar surface area (TPSA) is 78.5 Å². The number of hydrogen-bond acceptors (Lipinski definition) is 3. The molecule has 1 saturated heterocycles. The van der Waals surface area contributed by atoms with Crippen molar-refractivity contribution in [3.63, 3.8) is 0 Å². The summed E-state index contributed by atoms with van der Waals surface area (Å²) in [6.45, 7) is 4.46. The van der Waals surface area contributed by atoms with Crippen molar-refractivity contribution in [2.75, 3.05) is 13.1 Å². The summed E-state index contributed by atoms with van der Waals surface area (Å²) in [7, 11) is 0. The number of nitrogens with one attached hydrogen (secondary N) is 2. The highest BCUT2D eigenvalue weighted by atomic mass is 16.2. The van der Waals surface area contributed by atoms with E-state index in [1.165, 1.54) is 0 Å². The van der Waals surface area contributed by atoms with Gasteiger partial charge >= 0.3 is 6.03 Å². The smallest absolute Gasteiger partial charge is 0.325 e. The Morgan fingerprint density at radius 1 is 1.08 bits per heavy atom. The summed E-state index contributed by atoms with van der Waals surface area (Å²) < 4.78 is 0. The summed E-state index contributed by atoms with van der Waals surface area (Å²) in [6.07, 6.45) is 5.24. The number of hydrogen-bond donors (Lipinski definition) is 2. The van der Waals surface area contributed by atoms with Crippen molar-refractivity contribution in [2.45, 2.75) is 57.9 Å². The Morgan fingerprint density at radius 2 is 1.77 bits per heavy atom. The average Bonchev–Trinajstić information content (AvgIpc) is 2.89. The molecule has 1 atom stereocenters. The van der Waals surface area contributed by atoms with Crippen molar-refractivity contribution in [1.29, 1.82) is 0 Å². The van der Waals surface area contributed by atoms with Crippen LogP contribution in [-0.4, -0.2) is 35.8 Å². The van der Waals surface area contributed by atoms with Crippen LogP contribution in [0.1, 0.15) is 57.9 Å². The maximum Gasteiger partial charge on any atom is 0.325 e. The van der Waals surface area contributed by atoms with Gasteiger partial charge < -0.3 is 10.6 Å². The first-order chi connectivity index (χ1) is 12.5. The van der Waals surface area contributed by atoms with Crippen LogP contribution < -0.4 is 10.6 Å².